The highest BCUT2D eigenvalue weighted by Crippen LogP contribution is 2.21. The molecule has 1 aliphatic rings. The Hall–Kier alpha value is -1.13. The van der Waals surface area contributed by atoms with Crippen LogP contribution >= 0.6 is 12.2 Å². The summed E-state index contributed by atoms with van der Waals surface area (Å²) in [5.74, 6) is 6.10. The van der Waals surface area contributed by atoms with E-state index >= 15 is 0 Å². The fourth-order valence-corrected chi connectivity index (χ4v) is 2.56. The van der Waals surface area contributed by atoms with Crippen LogP contribution in [0.5, 0.6) is 0 Å². The Balaban J connectivity index is 1.82. The maximum atomic E-state index is 5.33. The molecule has 1 aromatic rings. The van der Waals surface area contributed by atoms with Crippen molar-refractivity contribution in [1.82, 2.24) is 10.3 Å². The summed E-state index contributed by atoms with van der Waals surface area (Å²) < 4.78 is 0. The van der Waals surface area contributed by atoms with E-state index in [0.717, 1.165) is 19.0 Å². The number of rotatable bonds is 2. The summed E-state index contributed by atoms with van der Waals surface area (Å²) in [5, 5.41) is 0.670. The molecule has 0 aliphatic carbocycles. The van der Waals surface area contributed by atoms with Crippen LogP contribution in [0.15, 0.2) is 30.3 Å². The molecule has 1 saturated heterocycles. The quantitative estimate of drug-likeness (QED) is 0.475. The molecule has 3 N–H and O–H groups in total. The van der Waals surface area contributed by atoms with Crippen molar-refractivity contribution in [3.63, 3.8) is 0 Å². The first kappa shape index (κ1) is 12.3. The molecule has 4 heteroatoms. The zero-order valence-electron chi connectivity index (χ0n) is 9.93. The second-order valence-electron chi connectivity index (χ2n) is 4.57. The van der Waals surface area contributed by atoms with Crippen LogP contribution in [-0.2, 0) is 6.42 Å². The van der Waals surface area contributed by atoms with Gasteiger partial charge in [0.1, 0.15) is 0 Å². The smallest absolute Gasteiger partial charge is 0.183 e. The Kier molecular flexibility index (Phi) is 4.34. The van der Waals surface area contributed by atoms with Crippen LogP contribution in [0.3, 0.4) is 0 Å². The van der Waals surface area contributed by atoms with Crippen molar-refractivity contribution in [1.29, 1.82) is 0 Å². The number of hydrogen-bond donors (Lipinski definition) is 2. The van der Waals surface area contributed by atoms with Gasteiger partial charge in [-0.2, -0.15) is 0 Å². The predicted molar refractivity (Wildman–Crippen MR) is 74.4 cm³/mol. The van der Waals surface area contributed by atoms with Gasteiger partial charge in [0, 0.05) is 13.1 Å². The summed E-state index contributed by atoms with van der Waals surface area (Å²) in [4.78, 5) is 2.15. The van der Waals surface area contributed by atoms with Gasteiger partial charge in [0.25, 0.3) is 0 Å². The van der Waals surface area contributed by atoms with Crippen molar-refractivity contribution in [3.8, 4) is 0 Å². The number of thiocarbonyl (C=S) groups is 1. The minimum absolute atomic E-state index is 0.670. The summed E-state index contributed by atoms with van der Waals surface area (Å²) in [6.07, 6.45) is 3.56. The Morgan fingerprint density at radius 2 is 1.94 bits per heavy atom. The van der Waals surface area contributed by atoms with E-state index in [2.05, 4.69) is 40.7 Å². The summed E-state index contributed by atoms with van der Waals surface area (Å²) >= 11 is 5.13. The van der Waals surface area contributed by atoms with Gasteiger partial charge in [-0.1, -0.05) is 30.3 Å². The lowest BCUT2D eigenvalue weighted by atomic mass is 9.90. The topological polar surface area (TPSA) is 41.3 Å². The third-order valence-electron chi connectivity index (χ3n) is 3.39. The highest BCUT2D eigenvalue weighted by atomic mass is 32.1. The summed E-state index contributed by atoms with van der Waals surface area (Å²) in [5.41, 5.74) is 3.99. The van der Waals surface area contributed by atoms with Crippen molar-refractivity contribution >= 4 is 17.3 Å². The van der Waals surface area contributed by atoms with E-state index in [1.807, 2.05) is 0 Å². The van der Waals surface area contributed by atoms with Gasteiger partial charge < -0.3 is 10.3 Å². The van der Waals surface area contributed by atoms with Crippen LogP contribution in [0, 0.1) is 5.92 Å². The van der Waals surface area contributed by atoms with Gasteiger partial charge in [-0.3, -0.25) is 0 Å². The van der Waals surface area contributed by atoms with Crippen LogP contribution in [0.4, 0.5) is 0 Å². The van der Waals surface area contributed by atoms with E-state index in [4.69, 9.17) is 18.1 Å². The van der Waals surface area contributed by atoms with Crippen LogP contribution in [0.1, 0.15) is 18.4 Å². The molecule has 0 spiro atoms. The fraction of sp³-hybridized carbons (Fsp3) is 0.462. The van der Waals surface area contributed by atoms with Gasteiger partial charge in [-0.25, -0.2) is 5.84 Å². The lowest BCUT2D eigenvalue weighted by Crippen LogP contribution is -2.46. The van der Waals surface area contributed by atoms with Gasteiger partial charge in [-0.05, 0) is 43.0 Å². The Labute approximate surface area is 108 Å². The molecule has 0 saturated carbocycles. The number of likely N-dealkylation sites (tertiary alicyclic amines) is 1. The van der Waals surface area contributed by atoms with Crippen molar-refractivity contribution in [3.05, 3.63) is 35.9 Å². The number of hydrazine groups is 1. The molecular weight excluding hydrogens is 230 g/mol. The Morgan fingerprint density at radius 1 is 1.29 bits per heavy atom. The zero-order chi connectivity index (χ0) is 12.1. The van der Waals surface area contributed by atoms with Crippen molar-refractivity contribution in [2.75, 3.05) is 13.1 Å². The molecule has 3 nitrogen and oxygen atoms in total. The van der Waals surface area contributed by atoms with E-state index in [9.17, 15) is 0 Å². The number of nitrogens with two attached hydrogens (primary N) is 1. The number of hydrogen-bond acceptors (Lipinski definition) is 2. The van der Waals surface area contributed by atoms with Gasteiger partial charge in [0.15, 0.2) is 5.11 Å². The third kappa shape index (κ3) is 3.41. The number of benzene rings is 1. The first-order valence-corrected chi connectivity index (χ1v) is 6.50. The van der Waals surface area contributed by atoms with E-state index in [1.54, 1.807) is 0 Å². The molecule has 0 atom stereocenters. The largest absolute Gasteiger partial charge is 0.348 e. The lowest BCUT2D eigenvalue weighted by molar-refractivity contribution is 0.263. The monoisotopic (exact) mass is 249 g/mol. The maximum absolute atomic E-state index is 5.33. The second kappa shape index (κ2) is 5.98. The average Bonchev–Trinajstić information content (AvgIpc) is 2.40. The SMILES string of the molecule is NNC(=S)N1CCC(Cc2ccccc2)CC1. The van der Waals surface area contributed by atoms with Crippen molar-refractivity contribution < 1.29 is 0 Å². The second-order valence-corrected chi connectivity index (χ2v) is 4.96. The summed E-state index contributed by atoms with van der Waals surface area (Å²) in [6.45, 7) is 2.03. The molecule has 0 bridgehead atoms. The zero-order valence-corrected chi connectivity index (χ0v) is 10.7. The average molecular weight is 249 g/mol. The summed E-state index contributed by atoms with van der Waals surface area (Å²) in [6, 6.07) is 10.7. The molecular formula is C13H19N3S. The molecule has 17 heavy (non-hydrogen) atoms. The molecule has 0 radical (unpaired) electrons. The molecule has 0 unspecified atom stereocenters. The highest BCUT2D eigenvalue weighted by Gasteiger charge is 2.20. The van der Waals surface area contributed by atoms with Crippen LogP contribution in [-0.4, -0.2) is 23.1 Å². The minimum Gasteiger partial charge on any atom is -0.348 e. The van der Waals surface area contributed by atoms with Crippen molar-refractivity contribution in [2.24, 2.45) is 11.8 Å². The van der Waals surface area contributed by atoms with E-state index in [-0.39, 0.29) is 0 Å². The first-order chi connectivity index (χ1) is 8.29. The van der Waals surface area contributed by atoms with Crippen molar-refractivity contribution in [2.45, 2.75) is 19.3 Å². The van der Waals surface area contributed by atoms with Crippen LogP contribution in [0.25, 0.3) is 0 Å². The van der Waals surface area contributed by atoms with E-state index < -0.39 is 0 Å². The van der Waals surface area contributed by atoms with Gasteiger partial charge in [0.05, 0.1) is 0 Å². The van der Waals surface area contributed by atoms with Gasteiger partial charge in [-0.15, -0.1) is 0 Å². The van der Waals surface area contributed by atoms with Gasteiger partial charge >= 0.3 is 0 Å². The van der Waals surface area contributed by atoms with E-state index in [1.165, 1.54) is 24.8 Å². The molecule has 1 aromatic carbocycles. The Morgan fingerprint density at radius 3 is 2.53 bits per heavy atom. The number of piperidine rings is 1. The molecule has 1 fully saturated rings. The molecule has 92 valence electrons. The molecule has 1 heterocycles. The standard InChI is InChI=1S/C13H19N3S/c14-15-13(17)16-8-6-12(7-9-16)10-11-4-2-1-3-5-11/h1-5,12H,6-10,14H2,(H,15,17). The third-order valence-corrected chi connectivity index (χ3v) is 3.77. The normalized spacial score (nSPS) is 16.9. The molecule has 0 amide bonds. The highest BCUT2D eigenvalue weighted by molar-refractivity contribution is 7.80. The summed E-state index contributed by atoms with van der Waals surface area (Å²) in [7, 11) is 0. The molecule has 2 rings (SSSR count). The van der Waals surface area contributed by atoms with Crippen LogP contribution < -0.4 is 11.3 Å². The number of nitrogens with one attached hydrogen (secondary N) is 1. The van der Waals surface area contributed by atoms with Crippen LogP contribution in [0.2, 0.25) is 0 Å². The first-order valence-electron chi connectivity index (χ1n) is 6.09. The molecule has 0 aromatic heterocycles. The minimum atomic E-state index is 0.670. The van der Waals surface area contributed by atoms with Gasteiger partial charge in [0.2, 0.25) is 0 Å². The molecule has 1 aliphatic heterocycles. The fourth-order valence-electron chi connectivity index (χ4n) is 2.38. The van der Waals surface area contributed by atoms with E-state index in [0.29, 0.717) is 5.11 Å². The Bertz CT molecular complexity index is 358. The number of nitrogens with zero attached hydrogens (tertiary/aromatic N) is 1. The lowest BCUT2D eigenvalue weighted by Gasteiger charge is -2.33. The maximum Gasteiger partial charge on any atom is 0.183 e. The predicted octanol–water partition coefficient (Wildman–Crippen LogP) is 1.69.